The number of nitrogens with two attached hydrogens (primary N) is 1. The van der Waals surface area contributed by atoms with E-state index in [2.05, 4.69) is 38.2 Å². The van der Waals surface area contributed by atoms with Gasteiger partial charge in [0.05, 0.1) is 19.8 Å². The first-order chi connectivity index (χ1) is 29.2. The van der Waals surface area contributed by atoms with Crippen molar-refractivity contribution in [3.05, 3.63) is 24.3 Å². The van der Waals surface area contributed by atoms with Gasteiger partial charge in [0.25, 0.3) is 0 Å². The van der Waals surface area contributed by atoms with E-state index in [1.165, 1.54) is 173 Å². The molecule has 0 bridgehead atoms. The van der Waals surface area contributed by atoms with Crippen LogP contribution in [0.25, 0.3) is 0 Å². The Morgan fingerprint density at radius 2 is 0.867 bits per heavy atom. The highest BCUT2D eigenvalue weighted by Gasteiger charge is 2.27. The minimum Gasteiger partial charge on any atom is -0.480 e. The van der Waals surface area contributed by atoms with E-state index < -0.39 is 45.1 Å². The Morgan fingerprint density at radius 1 is 0.517 bits per heavy atom. The normalized spacial score (nSPS) is 13.9. The largest absolute Gasteiger partial charge is 0.480 e. The number of hydrogen-bond donors (Lipinski definition) is 3. The second kappa shape index (κ2) is 45.5. The number of carboxylic acids is 1. The van der Waals surface area contributed by atoms with E-state index in [-0.39, 0.29) is 13.0 Å². The van der Waals surface area contributed by atoms with Crippen molar-refractivity contribution in [1.82, 2.24) is 0 Å². The molecule has 0 rings (SSSR count). The lowest BCUT2D eigenvalue weighted by Crippen LogP contribution is -2.34. The zero-order chi connectivity index (χ0) is 44.0. The highest BCUT2D eigenvalue weighted by molar-refractivity contribution is 7.47. The molecule has 0 aliphatic carbocycles. The minimum absolute atomic E-state index is 0.0172. The van der Waals surface area contributed by atoms with Gasteiger partial charge >= 0.3 is 19.8 Å². The van der Waals surface area contributed by atoms with Crippen LogP contribution in [-0.4, -0.2) is 60.5 Å². The van der Waals surface area contributed by atoms with Gasteiger partial charge in [-0.1, -0.05) is 192 Å². The molecule has 0 aliphatic heterocycles. The third kappa shape index (κ3) is 44.5. The SMILES string of the molecule is CCCCCCCC/C=C\CCCCCCCCCCCC(=O)OC(COCCCCCCCCCC/C=C\CCCCCCCCC)COP(=O)(O)OCC(N)C(=O)O. The molecule has 60 heavy (non-hydrogen) atoms. The first kappa shape index (κ1) is 58.5. The third-order valence-electron chi connectivity index (χ3n) is 11.0. The zero-order valence-electron chi connectivity index (χ0n) is 38.8. The van der Waals surface area contributed by atoms with Gasteiger partial charge in [0.1, 0.15) is 12.1 Å². The number of phosphoric acid groups is 1. The predicted octanol–water partition coefficient (Wildman–Crippen LogP) is 14.3. The smallest absolute Gasteiger partial charge is 0.472 e. The molecule has 3 unspecified atom stereocenters. The van der Waals surface area contributed by atoms with Gasteiger partial charge in [-0.15, -0.1) is 0 Å². The van der Waals surface area contributed by atoms with Crippen molar-refractivity contribution in [3.8, 4) is 0 Å². The summed E-state index contributed by atoms with van der Waals surface area (Å²) in [5.41, 5.74) is 5.37. The minimum atomic E-state index is -4.62. The van der Waals surface area contributed by atoms with Crippen LogP contribution in [0.2, 0.25) is 0 Å². The summed E-state index contributed by atoms with van der Waals surface area (Å²) in [4.78, 5) is 33.7. The van der Waals surface area contributed by atoms with Crippen molar-refractivity contribution in [2.45, 2.75) is 251 Å². The maximum Gasteiger partial charge on any atom is 0.472 e. The topological polar surface area (TPSA) is 155 Å². The molecule has 0 amide bonds. The van der Waals surface area contributed by atoms with E-state index in [4.69, 9.17) is 29.4 Å². The van der Waals surface area contributed by atoms with Gasteiger partial charge in [-0.3, -0.25) is 18.6 Å². The molecule has 11 heteroatoms. The fraction of sp³-hybridized carbons (Fsp3) is 0.878. The van der Waals surface area contributed by atoms with E-state index in [1.807, 2.05) is 0 Å². The van der Waals surface area contributed by atoms with Crippen LogP contribution < -0.4 is 5.73 Å². The van der Waals surface area contributed by atoms with E-state index in [0.717, 1.165) is 38.5 Å². The van der Waals surface area contributed by atoms with E-state index >= 15 is 0 Å². The molecule has 4 N–H and O–H groups in total. The van der Waals surface area contributed by atoms with Crippen LogP contribution in [0.1, 0.15) is 239 Å². The quantitative estimate of drug-likeness (QED) is 0.0233. The summed E-state index contributed by atoms with van der Waals surface area (Å²) in [6, 6.07) is -1.47. The monoisotopic (exact) mass is 872 g/mol. The van der Waals surface area contributed by atoms with Gasteiger partial charge in [0.2, 0.25) is 0 Å². The van der Waals surface area contributed by atoms with Crippen molar-refractivity contribution in [2.75, 3.05) is 26.4 Å². The average Bonchev–Trinajstić information content (AvgIpc) is 3.23. The molecule has 0 spiro atoms. The number of esters is 1. The van der Waals surface area contributed by atoms with Crippen LogP contribution >= 0.6 is 7.82 Å². The Kier molecular flexibility index (Phi) is 44.3. The van der Waals surface area contributed by atoms with Crippen molar-refractivity contribution >= 4 is 19.8 Å². The second-order valence-electron chi connectivity index (χ2n) is 16.9. The number of hydrogen-bond acceptors (Lipinski definition) is 8. The molecule has 10 nitrogen and oxygen atoms in total. The molecular weight excluding hydrogens is 778 g/mol. The van der Waals surface area contributed by atoms with Crippen LogP contribution in [0, 0.1) is 0 Å². The van der Waals surface area contributed by atoms with Crippen LogP contribution in [0.5, 0.6) is 0 Å². The number of carbonyl (C=O) groups excluding carboxylic acids is 1. The highest BCUT2D eigenvalue weighted by Crippen LogP contribution is 2.43. The van der Waals surface area contributed by atoms with Crippen molar-refractivity contribution in [2.24, 2.45) is 5.73 Å². The van der Waals surface area contributed by atoms with Gasteiger partial charge in [-0.25, -0.2) is 4.57 Å². The maximum absolute atomic E-state index is 12.7. The standard InChI is InChI=1S/C49H94NO9P/c1-3-5-7-9-11-13-15-17-19-21-23-25-27-29-31-33-35-37-39-41-48(51)59-46(44-57-60(54,55)58-45-47(50)49(52)53)43-56-42-40-38-36-34-32-30-28-26-24-22-20-18-16-14-12-10-8-6-4-2/h17,19-20,22,46-47H,3-16,18,21,23-45,50H2,1-2H3,(H,52,53)(H,54,55)/b19-17-,22-20-. The number of unbranched alkanes of at least 4 members (excludes halogenated alkanes) is 30. The Morgan fingerprint density at radius 3 is 1.27 bits per heavy atom. The Bertz CT molecular complexity index is 1060. The van der Waals surface area contributed by atoms with Gasteiger partial charge in [-0.05, 0) is 64.2 Å². The first-order valence-electron chi connectivity index (χ1n) is 24.9. The number of ether oxygens (including phenoxy) is 2. The maximum atomic E-state index is 12.7. The molecule has 0 aromatic rings. The fourth-order valence-corrected chi connectivity index (χ4v) is 7.84. The first-order valence-corrected chi connectivity index (χ1v) is 26.4. The Labute approximate surface area is 368 Å². The molecule has 0 aromatic carbocycles. The van der Waals surface area contributed by atoms with Gasteiger partial charge < -0.3 is 25.2 Å². The summed E-state index contributed by atoms with van der Waals surface area (Å²) in [6.07, 6.45) is 50.8. The van der Waals surface area contributed by atoms with Crippen LogP contribution in [0.3, 0.4) is 0 Å². The number of rotatable bonds is 48. The summed E-state index contributed by atoms with van der Waals surface area (Å²) in [5.74, 6) is -1.77. The summed E-state index contributed by atoms with van der Waals surface area (Å²) in [7, 11) is -4.62. The number of phosphoric ester groups is 1. The van der Waals surface area contributed by atoms with Crippen LogP contribution in [0.15, 0.2) is 24.3 Å². The lowest BCUT2D eigenvalue weighted by Gasteiger charge is -2.20. The average molecular weight is 872 g/mol. The second-order valence-corrected chi connectivity index (χ2v) is 18.4. The molecule has 3 atom stereocenters. The lowest BCUT2D eigenvalue weighted by atomic mass is 10.1. The van der Waals surface area contributed by atoms with E-state index in [0.29, 0.717) is 13.0 Å². The molecule has 0 radical (unpaired) electrons. The molecule has 0 aromatic heterocycles. The molecule has 354 valence electrons. The number of carbonyl (C=O) groups is 2. The summed E-state index contributed by atoms with van der Waals surface area (Å²) < 4.78 is 33.5. The van der Waals surface area contributed by atoms with Crippen molar-refractivity contribution in [3.63, 3.8) is 0 Å². The zero-order valence-corrected chi connectivity index (χ0v) is 39.7. The summed E-state index contributed by atoms with van der Waals surface area (Å²) in [6.45, 7) is 3.91. The third-order valence-corrected chi connectivity index (χ3v) is 11.9. The van der Waals surface area contributed by atoms with E-state index in [9.17, 15) is 19.0 Å². The Hall–Kier alpha value is -1.55. The molecule has 0 fully saturated rings. The molecular formula is C49H94NO9P. The van der Waals surface area contributed by atoms with Crippen LogP contribution in [0.4, 0.5) is 0 Å². The van der Waals surface area contributed by atoms with Crippen molar-refractivity contribution < 1.29 is 42.7 Å². The van der Waals surface area contributed by atoms with Crippen molar-refractivity contribution in [1.29, 1.82) is 0 Å². The summed E-state index contributed by atoms with van der Waals surface area (Å²) >= 11 is 0. The van der Waals surface area contributed by atoms with E-state index in [1.54, 1.807) is 0 Å². The molecule has 0 heterocycles. The predicted molar refractivity (Wildman–Crippen MR) is 249 cm³/mol. The number of allylic oxidation sites excluding steroid dienone is 4. The number of carboxylic acid groups (broad SMARTS) is 1. The fourth-order valence-electron chi connectivity index (χ4n) is 7.07. The van der Waals surface area contributed by atoms with Gasteiger partial charge in [0, 0.05) is 13.0 Å². The summed E-state index contributed by atoms with van der Waals surface area (Å²) in [5, 5.41) is 8.92. The van der Waals surface area contributed by atoms with Gasteiger partial charge in [0.15, 0.2) is 0 Å². The van der Waals surface area contributed by atoms with Gasteiger partial charge in [-0.2, -0.15) is 0 Å². The molecule has 0 saturated carbocycles. The van der Waals surface area contributed by atoms with Crippen LogP contribution in [-0.2, 0) is 32.7 Å². The lowest BCUT2D eigenvalue weighted by molar-refractivity contribution is -0.154. The molecule has 0 aliphatic rings. The highest BCUT2D eigenvalue weighted by atomic mass is 31.2. The number of aliphatic carboxylic acids is 1. The molecule has 0 saturated heterocycles. The Balaban J connectivity index is 4.15.